The average Bonchev–Trinajstić information content (AvgIpc) is 4.04. The number of hydrogen-bond acceptors (Lipinski definition) is 7. The summed E-state index contributed by atoms with van der Waals surface area (Å²) in [6.07, 6.45) is 0. The van der Waals surface area contributed by atoms with Crippen LogP contribution >= 0.6 is 11.3 Å². The smallest absolute Gasteiger partial charge is 0.239 e. The van der Waals surface area contributed by atoms with Crippen molar-refractivity contribution in [1.82, 2.24) is 39.0 Å². The second kappa shape index (κ2) is 14.8. The van der Waals surface area contributed by atoms with Crippen molar-refractivity contribution in [2.24, 2.45) is 0 Å². The van der Waals surface area contributed by atoms with Crippen LogP contribution in [0.2, 0.25) is 0 Å². The molecule has 0 radical (unpaired) electrons. The molecule has 14 rings (SSSR count). The van der Waals surface area contributed by atoms with Gasteiger partial charge in [0.1, 0.15) is 9.66 Å². The van der Waals surface area contributed by atoms with Crippen LogP contribution in [0.3, 0.4) is 0 Å². The van der Waals surface area contributed by atoms with Crippen LogP contribution in [0.5, 0.6) is 0 Å². The molecule has 0 spiro atoms. The summed E-state index contributed by atoms with van der Waals surface area (Å²) < 4.78 is 4.52. The fraction of sp³-hybridized carbons (Fsp3) is 0. The topological polar surface area (TPSA) is 87.2 Å². The van der Waals surface area contributed by atoms with Gasteiger partial charge in [0.05, 0.1) is 11.0 Å². The maximum absolute atomic E-state index is 5.35. The fourth-order valence-electron chi connectivity index (χ4n) is 9.74. The molecule has 0 bridgehead atoms. The van der Waals surface area contributed by atoms with Gasteiger partial charge in [0.2, 0.25) is 11.9 Å². The molecule has 0 aliphatic heterocycles. The third kappa shape index (κ3) is 5.92. The second-order valence-electron chi connectivity index (χ2n) is 16.7. The van der Waals surface area contributed by atoms with Gasteiger partial charge in [-0.3, -0.25) is 9.13 Å². The molecule has 0 aliphatic rings. The second-order valence-corrected chi connectivity index (χ2v) is 17.7. The van der Waals surface area contributed by atoms with E-state index in [9.17, 15) is 0 Å². The standard InChI is InChI=1S/C58H34N8S/c1-5-19-37(20-6-1)51-59-52(38-21-7-2-8-22-38)62-57(61-51)65-47-34-45-41(30-29-35-17-13-15-27-42(35)45)33-46(47)49-48-44-32-31-36-18-14-16-28-43(36)50(44)66(56(48)67-55(49)65)58-63-53(39-23-9-3-10-24-39)60-54(64-58)40-25-11-4-12-26-40/h1-34H. The van der Waals surface area contributed by atoms with E-state index >= 15 is 0 Å². The highest BCUT2D eigenvalue weighted by atomic mass is 32.1. The zero-order valence-corrected chi connectivity index (χ0v) is 36.4. The van der Waals surface area contributed by atoms with Gasteiger partial charge < -0.3 is 0 Å². The van der Waals surface area contributed by atoms with Gasteiger partial charge in [0.25, 0.3) is 0 Å². The molecule has 5 aromatic heterocycles. The van der Waals surface area contributed by atoms with E-state index in [2.05, 4.69) is 143 Å². The number of aromatic nitrogens is 8. The number of fused-ring (bicyclic) bond motifs is 12. The van der Waals surface area contributed by atoms with E-state index in [0.29, 0.717) is 35.2 Å². The van der Waals surface area contributed by atoms with Crippen molar-refractivity contribution in [3.05, 3.63) is 206 Å². The predicted molar refractivity (Wildman–Crippen MR) is 274 cm³/mol. The van der Waals surface area contributed by atoms with Gasteiger partial charge in [-0.2, -0.15) is 19.9 Å². The van der Waals surface area contributed by atoms with E-state index in [-0.39, 0.29) is 0 Å². The lowest BCUT2D eigenvalue weighted by Gasteiger charge is -2.12. The van der Waals surface area contributed by atoms with Gasteiger partial charge in [-0.15, -0.1) is 0 Å². The molecule has 0 atom stereocenters. The summed E-state index contributed by atoms with van der Waals surface area (Å²) in [6, 6.07) is 71.5. The molecule has 0 aliphatic carbocycles. The SMILES string of the molecule is c1ccc(-c2nc(-c3ccccc3)nc(-n3c4cc5c(ccc6ccccc65)cc4c4c5c6ccc7ccccc7c6n(-c6nc(-c7ccccc7)nc(-c7ccccc7)n6)c5sc43)n2)cc1. The van der Waals surface area contributed by atoms with Crippen molar-refractivity contribution in [2.75, 3.05) is 0 Å². The maximum Gasteiger partial charge on any atom is 0.239 e. The monoisotopic (exact) mass is 874 g/mol. The fourth-order valence-corrected chi connectivity index (χ4v) is 11.1. The van der Waals surface area contributed by atoms with Crippen molar-refractivity contribution in [3.63, 3.8) is 0 Å². The number of thiophene rings is 1. The summed E-state index contributed by atoms with van der Waals surface area (Å²) >= 11 is 1.71. The first-order valence-electron chi connectivity index (χ1n) is 22.2. The van der Waals surface area contributed by atoms with Gasteiger partial charge in [0, 0.05) is 49.2 Å². The molecule has 8 nitrogen and oxygen atoms in total. The maximum atomic E-state index is 5.35. The number of rotatable bonds is 6. The average molecular weight is 875 g/mol. The summed E-state index contributed by atoms with van der Waals surface area (Å²) in [5.41, 5.74) is 5.68. The van der Waals surface area contributed by atoms with E-state index in [0.717, 1.165) is 86.0 Å². The van der Waals surface area contributed by atoms with E-state index in [4.69, 9.17) is 29.9 Å². The zero-order valence-electron chi connectivity index (χ0n) is 35.6. The van der Waals surface area contributed by atoms with E-state index in [1.54, 1.807) is 11.3 Å². The lowest BCUT2D eigenvalue weighted by Crippen LogP contribution is -2.06. The van der Waals surface area contributed by atoms with Crippen molar-refractivity contribution in [1.29, 1.82) is 0 Å². The van der Waals surface area contributed by atoms with Crippen molar-refractivity contribution in [3.8, 4) is 57.4 Å². The van der Waals surface area contributed by atoms with E-state index < -0.39 is 0 Å². The molecule has 0 saturated carbocycles. The lowest BCUT2D eigenvalue weighted by atomic mass is 9.99. The molecule has 5 heterocycles. The molecule has 0 N–H and O–H groups in total. The predicted octanol–water partition coefficient (Wildman–Crippen LogP) is 14.4. The van der Waals surface area contributed by atoms with Crippen molar-refractivity contribution in [2.45, 2.75) is 0 Å². The van der Waals surface area contributed by atoms with Gasteiger partial charge in [-0.25, -0.2) is 9.97 Å². The first kappa shape index (κ1) is 37.5. The molecule has 312 valence electrons. The Labute approximate surface area is 386 Å². The van der Waals surface area contributed by atoms with Crippen LogP contribution in [0.25, 0.3) is 132 Å². The summed E-state index contributed by atoms with van der Waals surface area (Å²) in [5.74, 6) is 3.47. The zero-order chi connectivity index (χ0) is 44.0. The van der Waals surface area contributed by atoms with Crippen LogP contribution in [0.15, 0.2) is 206 Å². The van der Waals surface area contributed by atoms with Gasteiger partial charge in [-0.05, 0) is 39.1 Å². The summed E-state index contributed by atoms with van der Waals surface area (Å²) in [6.45, 7) is 0. The molecule has 67 heavy (non-hydrogen) atoms. The molecule has 9 aromatic carbocycles. The van der Waals surface area contributed by atoms with Crippen LogP contribution in [0.1, 0.15) is 0 Å². The Balaban J connectivity index is 1.16. The normalized spacial score (nSPS) is 11.9. The van der Waals surface area contributed by atoms with Crippen LogP contribution in [-0.4, -0.2) is 39.0 Å². The molecule has 0 fully saturated rings. The first-order chi connectivity index (χ1) is 33.2. The van der Waals surface area contributed by atoms with Gasteiger partial charge in [0.15, 0.2) is 23.3 Å². The molecule has 14 aromatic rings. The largest absolute Gasteiger partial charge is 0.269 e. The highest BCUT2D eigenvalue weighted by molar-refractivity contribution is 7.25. The van der Waals surface area contributed by atoms with E-state index in [1.165, 1.54) is 10.8 Å². The first-order valence-corrected chi connectivity index (χ1v) is 23.0. The minimum absolute atomic E-state index is 0.537. The Kier molecular flexibility index (Phi) is 8.28. The summed E-state index contributed by atoms with van der Waals surface area (Å²) in [7, 11) is 0. The highest BCUT2D eigenvalue weighted by Gasteiger charge is 2.28. The number of nitrogens with zero attached hydrogens (tertiary/aromatic N) is 8. The van der Waals surface area contributed by atoms with Crippen LogP contribution in [0.4, 0.5) is 0 Å². The quantitative estimate of drug-likeness (QED) is 0.155. The van der Waals surface area contributed by atoms with Crippen LogP contribution in [-0.2, 0) is 0 Å². The van der Waals surface area contributed by atoms with Crippen molar-refractivity contribution >= 4 is 85.9 Å². The minimum Gasteiger partial charge on any atom is -0.269 e. The van der Waals surface area contributed by atoms with Crippen LogP contribution in [0, 0.1) is 0 Å². The minimum atomic E-state index is 0.537. The molecule has 0 amide bonds. The molecule has 0 unspecified atom stereocenters. The molecule has 0 saturated heterocycles. The molecular weight excluding hydrogens is 841 g/mol. The lowest BCUT2D eigenvalue weighted by molar-refractivity contribution is 0.957. The molecule has 9 heteroatoms. The van der Waals surface area contributed by atoms with E-state index in [1.807, 2.05) is 72.8 Å². The third-order valence-corrected chi connectivity index (χ3v) is 14.0. The summed E-state index contributed by atoms with van der Waals surface area (Å²) in [5, 5.41) is 11.4. The highest BCUT2D eigenvalue weighted by Crippen LogP contribution is 2.49. The van der Waals surface area contributed by atoms with Gasteiger partial charge in [-0.1, -0.05) is 205 Å². The Morgan fingerprint density at radius 3 is 1.27 bits per heavy atom. The van der Waals surface area contributed by atoms with Crippen LogP contribution < -0.4 is 0 Å². The Morgan fingerprint density at radius 1 is 0.299 bits per heavy atom. The number of hydrogen-bond donors (Lipinski definition) is 0. The Morgan fingerprint density at radius 2 is 0.716 bits per heavy atom. The van der Waals surface area contributed by atoms with Gasteiger partial charge >= 0.3 is 0 Å². The Bertz CT molecular complexity index is 4140. The Hall–Kier alpha value is -8.92. The molecular formula is C58H34N8S. The third-order valence-electron chi connectivity index (χ3n) is 12.8. The summed E-state index contributed by atoms with van der Waals surface area (Å²) in [4.78, 5) is 33.6. The van der Waals surface area contributed by atoms with Crippen molar-refractivity contribution < 1.29 is 0 Å². The number of benzene rings is 9.